The van der Waals surface area contributed by atoms with Crippen molar-refractivity contribution >= 4 is 13.6 Å². The lowest BCUT2D eigenvalue weighted by molar-refractivity contribution is -0.140. The van der Waals surface area contributed by atoms with Gasteiger partial charge in [0.25, 0.3) is 0 Å². The van der Waals surface area contributed by atoms with E-state index in [1.807, 2.05) is 6.92 Å². The van der Waals surface area contributed by atoms with E-state index in [0.29, 0.717) is 6.42 Å². The van der Waals surface area contributed by atoms with Gasteiger partial charge in [0.15, 0.2) is 0 Å². The number of rotatable bonds is 4. The maximum absolute atomic E-state index is 10.9. The predicted octanol–water partition coefficient (Wildman–Crippen LogP) is 0.628. The molecule has 1 aliphatic carbocycles. The van der Waals surface area contributed by atoms with Crippen molar-refractivity contribution in [3.05, 3.63) is 0 Å². The van der Waals surface area contributed by atoms with Gasteiger partial charge in [0.1, 0.15) is 6.04 Å². The lowest BCUT2D eigenvalue weighted by Gasteiger charge is -2.36. The molecule has 1 fully saturated rings. The highest BCUT2D eigenvalue weighted by molar-refractivity contribution is 7.51. The number of nitrogens with two attached hydrogens (primary N) is 1. The molecule has 6 nitrogen and oxygen atoms in total. The fraction of sp³-hybridized carbons (Fsp3) is 0.900. The molecule has 1 rings (SSSR count). The standard InChI is InChI=1S/C10H20NO5P/c1-6-2-3-7(5-17(14,15)16)4-8(6)9(11)10(12)13/h6-9H,2-5,11H2,1H3,(H,12,13)(H2,14,15,16)/t6-,7?,8-,9+/m0/s1. The molecule has 0 amide bonds. The smallest absolute Gasteiger partial charge is 0.325 e. The number of carbonyl (C=O) groups is 1. The van der Waals surface area contributed by atoms with Crippen LogP contribution in [0.3, 0.4) is 0 Å². The molecule has 4 atom stereocenters. The van der Waals surface area contributed by atoms with Gasteiger partial charge in [0, 0.05) is 0 Å². The average Bonchev–Trinajstić information content (AvgIpc) is 2.17. The van der Waals surface area contributed by atoms with Crippen molar-refractivity contribution in [2.24, 2.45) is 23.5 Å². The summed E-state index contributed by atoms with van der Waals surface area (Å²) >= 11 is 0. The van der Waals surface area contributed by atoms with E-state index < -0.39 is 19.6 Å². The first-order valence-electron chi connectivity index (χ1n) is 5.73. The zero-order valence-corrected chi connectivity index (χ0v) is 10.7. The van der Waals surface area contributed by atoms with Crippen molar-refractivity contribution in [3.8, 4) is 0 Å². The third kappa shape index (κ3) is 4.39. The molecule has 0 aromatic carbocycles. The zero-order chi connectivity index (χ0) is 13.2. The number of carboxylic acid groups (broad SMARTS) is 1. The van der Waals surface area contributed by atoms with Gasteiger partial charge >= 0.3 is 13.6 Å². The summed E-state index contributed by atoms with van der Waals surface area (Å²) < 4.78 is 10.9. The fourth-order valence-corrected chi connectivity index (χ4v) is 3.64. The number of aliphatic carboxylic acids is 1. The van der Waals surface area contributed by atoms with E-state index in [-0.39, 0.29) is 23.9 Å². The van der Waals surface area contributed by atoms with Crippen LogP contribution in [0.25, 0.3) is 0 Å². The second kappa shape index (κ2) is 5.48. The van der Waals surface area contributed by atoms with Gasteiger partial charge < -0.3 is 20.6 Å². The number of hydrogen-bond acceptors (Lipinski definition) is 3. The molecule has 0 aromatic heterocycles. The molecular weight excluding hydrogens is 245 g/mol. The molecule has 7 heteroatoms. The van der Waals surface area contributed by atoms with E-state index in [1.165, 1.54) is 0 Å². The Bertz CT molecular complexity index is 329. The summed E-state index contributed by atoms with van der Waals surface area (Å²) in [5.74, 6) is -1.17. The summed E-state index contributed by atoms with van der Waals surface area (Å²) in [5, 5.41) is 8.89. The lowest BCUT2D eigenvalue weighted by atomic mass is 9.72. The maximum atomic E-state index is 10.9. The highest BCUT2D eigenvalue weighted by Gasteiger charge is 2.36. The van der Waals surface area contributed by atoms with Crippen LogP contribution in [-0.4, -0.2) is 33.1 Å². The molecule has 17 heavy (non-hydrogen) atoms. The largest absolute Gasteiger partial charge is 0.480 e. The van der Waals surface area contributed by atoms with Crippen molar-refractivity contribution in [2.75, 3.05) is 6.16 Å². The molecule has 5 N–H and O–H groups in total. The molecule has 0 bridgehead atoms. The van der Waals surface area contributed by atoms with Gasteiger partial charge in [-0.1, -0.05) is 13.3 Å². The van der Waals surface area contributed by atoms with E-state index in [9.17, 15) is 9.36 Å². The SMILES string of the molecule is C[C@H]1CCC(CP(=O)(O)O)C[C@@H]1[C@@H](N)C(=O)O. The molecule has 1 saturated carbocycles. The average molecular weight is 265 g/mol. The Hall–Kier alpha value is -0.420. The lowest BCUT2D eigenvalue weighted by Crippen LogP contribution is -2.44. The normalized spacial score (nSPS) is 32.1. The third-order valence-electron chi connectivity index (χ3n) is 3.61. The fourth-order valence-electron chi connectivity index (χ4n) is 2.63. The summed E-state index contributed by atoms with van der Waals surface area (Å²) in [6.45, 7) is 1.95. The highest BCUT2D eigenvalue weighted by atomic mass is 31.2. The summed E-state index contributed by atoms with van der Waals surface area (Å²) in [7, 11) is -4.02. The minimum atomic E-state index is -4.02. The van der Waals surface area contributed by atoms with E-state index in [1.54, 1.807) is 0 Å². The second-order valence-corrected chi connectivity index (χ2v) is 6.73. The molecule has 0 aromatic rings. The van der Waals surface area contributed by atoms with Gasteiger partial charge in [-0.25, -0.2) is 0 Å². The molecule has 1 unspecified atom stereocenters. The number of carboxylic acids is 1. The van der Waals surface area contributed by atoms with E-state index >= 15 is 0 Å². The van der Waals surface area contributed by atoms with Gasteiger partial charge in [0.2, 0.25) is 0 Å². The Balaban J connectivity index is 2.65. The minimum absolute atomic E-state index is 0.123. The summed E-state index contributed by atoms with van der Waals surface area (Å²) in [6.07, 6.45) is 1.83. The molecule has 0 heterocycles. The Kier molecular flexibility index (Phi) is 4.72. The molecule has 0 saturated heterocycles. The first kappa shape index (κ1) is 14.6. The Morgan fingerprint density at radius 1 is 1.47 bits per heavy atom. The van der Waals surface area contributed by atoms with Gasteiger partial charge in [-0.05, 0) is 30.6 Å². The van der Waals surface area contributed by atoms with Gasteiger partial charge in [-0.15, -0.1) is 0 Å². The van der Waals surface area contributed by atoms with Crippen LogP contribution in [0.2, 0.25) is 0 Å². The van der Waals surface area contributed by atoms with Crippen LogP contribution in [0.15, 0.2) is 0 Å². The monoisotopic (exact) mass is 265 g/mol. The van der Waals surface area contributed by atoms with Gasteiger partial charge in [-0.3, -0.25) is 9.36 Å². The molecule has 100 valence electrons. The predicted molar refractivity (Wildman–Crippen MR) is 62.5 cm³/mol. The van der Waals surface area contributed by atoms with Crippen molar-refractivity contribution in [1.82, 2.24) is 0 Å². The van der Waals surface area contributed by atoms with Crippen molar-refractivity contribution in [3.63, 3.8) is 0 Å². The van der Waals surface area contributed by atoms with Crippen LogP contribution in [0.1, 0.15) is 26.2 Å². The first-order chi connectivity index (χ1) is 7.70. The number of hydrogen-bond donors (Lipinski definition) is 4. The van der Waals surface area contributed by atoms with Gasteiger partial charge in [0.05, 0.1) is 6.16 Å². The Morgan fingerprint density at radius 2 is 2.06 bits per heavy atom. The second-order valence-electron chi connectivity index (χ2n) is 5.03. The quantitative estimate of drug-likeness (QED) is 0.553. The molecule has 0 spiro atoms. The summed E-state index contributed by atoms with van der Waals surface area (Å²) in [5.41, 5.74) is 5.61. The van der Waals surface area contributed by atoms with E-state index in [2.05, 4.69) is 0 Å². The molecule has 0 radical (unpaired) electrons. The minimum Gasteiger partial charge on any atom is -0.480 e. The summed E-state index contributed by atoms with van der Waals surface area (Å²) in [4.78, 5) is 28.7. The van der Waals surface area contributed by atoms with Crippen LogP contribution in [0.5, 0.6) is 0 Å². The van der Waals surface area contributed by atoms with Crippen LogP contribution in [-0.2, 0) is 9.36 Å². The van der Waals surface area contributed by atoms with Crippen molar-refractivity contribution in [2.45, 2.75) is 32.2 Å². The summed E-state index contributed by atoms with van der Waals surface area (Å²) in [6, 6.07) is -0.940. The third-order valence-corrected chi connectivity index (χ3v) is 4.60. The Labute approximate surface area is 100 Å². The van der Waals surface area contributed by atoms with E-state index in [4.69, 9.17) is 20.6 Å². The van der Waals surface area contributed by atoms with Crippen LogP contribution in [0, 0.1) is 17.8 Å². The topological polar surface area (TPSA) is 121 Å². The van der Waals surface area contributed by atoms with Crippen molar-refractivity contribution < 1.29 is 24.3 Å². The van der Waals surface area contributed by atoms with Crippen LogP contribution >= 0.6 is 7.60 Å². The van der Waals surface area contributed by atoms with Gasteiger partial charge in [-0.2, -0.15) is 0 Å². The first-order valence-corrected chi connectivity index (χ1v) is 7.53. The van der Waals surface area contributed by atoms with E-state index in [0.717, 1.165) is 12.8 Å². The van der Waals surface area contributed by atoms with Crippen LogP contribution < -0.4 is 5.73 Å². The highest BCUT2D eigenvalue weighted by Crippen LogP contribution is 2.44. The van der Waals surface area contributed by atoms with Crippen LogP contribution in [0.4, 0.5) is 0 Å². The molecule has 1 aliphatic rings. The molecule has 0 aliphatic heterocycles. The molecular formula is C10H20NO5P. The zero-order valence-electron chi connectivity index (χ0n) is 9.82. The van der Waals surface area contributed by atoms with Crippen molar-refractivity contribution in [1.29, 1.82) is 0 Å². The Morgan fingerprint density at radius 3 is 2.53 bits per heavy atom. The maximum Gasteiger partial charge on any atom is 0.325 e.